The van der Waals surface area contributed by atoms with E-state index in [2.05, 4.69) is 15.1 Å². The normalized spacial score (nSPS) is 20.8. The summed E-state index contributed by atoms with van der Waals surface area (Å²) in [6.07, 6.45) is -0.395. The number of amides is 1. The van der Waals surface area contributed by atoms with E-state index in [1.54, 1.807) is 0 Å². The van der Waals surface area contributed by atoms with Gasteiger partial charge in [0.25, 0.3) is 5.91 Å². The third kappa shape index (κ3) is 2.73. The number of hydrazone groups is 1. The van der Waals surface area contributed by atoms with Gasteiger partial charge in [0.2, 0.25) is 0 Å². The third-order valence-corrected chi connectivity index (χ3v) is 3.56. The number of rotatable bonds is 2. The molecule has 124 valence electrons. The quantitative estimate of drug-likeness (QED) is 0.911. The van der Waals surface area contributed by atoms with E-state index in [0.29, 0.717) is 5.01 Å². The lowest BCUT2D eigenvalue weighted by molar-refractivity contribution is -0.0817. The summed E-state index contributed by atoms with van der Waals surface area (Å²) < 4.78 is 39.2. The molecule has 0 aliphatic carbocycles. The van der Waals surface area contributed by atoms with Crippen molar-refractivity contribution in [3.05, 3.63) is 60.2 Å². The summed E-state index contributed by atoms with van der Waals surface area (Å²) in [4.78, 5) is 20.1. The number of carbonyl (C=O) groups is 1. The number of hydrogen-bond acceptors (Lipinski definition) is 5. The Hall–Kier alpha value is -2.81. The van der Waals surface area contributed by atoms with Crippen LogP contribution in [0.1, 0.15) is 22.3 Å². The Kier molecular flexibility index (Phi) is 3.80. The highest BCUT2D eigenvalue weighted by molar-refractivity contribution is 5.99. The molecule has 3 heterocycles. The van der Waals surface area contributed by atoms with Gasteiger partial charge in [-0.2, -0.15) is 23.3 Å². The van der Waals surface area contributed by atoms with Crippen LogP contribution in [0.4, 0.5) is 13.2 Å². The summed E-state index contributed by atoms with van der Waals surface area (Å²) in [5.74, 6) is -0.872. The highest BCUT2D eigenvalue weighted by atomic mass is 19.4. The second kappa shape index (κ2) is 5.68. The number of nitrogens with zero attached hydrogens (tertiary/aromatic N) is 4. The third-order valence-electron chi connectivity index (χ3n) is 3.56. The molecule has 0 saturated carbocycles. The highest BCUT2D eigenvalue weighted by Crippen LogP contribution is 2.40. The summed E-state index contributed by atoms with van der Waals surface area (Å²) in [6, 6.07) is 5.49. The van der Waals surface area contributed by atoms with Gasteiger partial charge in [-0.05, 0) is 18.2 Å². The number of halogens is 3. The van der Waals surface area contributed by atoms with E-state index >= 15 is 0 Å². The molecule has 1 N–H and O–H groups in total. The summed E-state index contributed by atoms with van der Waals surface area (Å²) in [5, 5.41) is 14.6. The molecular formula is C15H11F3N4O2. The Bertz CT molecular complexity index is 780. The van der Waals surface area contributed by atoms with Gasteiger partial charge in [0, 0.05) is 35.9 Å². The molecule has 24 heavy (non-hydrogen) atoms. The number of hydrogen-bond donors (Lipinski definition) is 1. The predicted molar refractivity (Wildman–Crippen MR) is 76.6 cm³/mol. The molecular weight excluding hydrogens is 325 g/mol. The van der Waals surface area contributed by atoms with Gasteiger partial charge < -0.3 is 5.11 Å². The Balaban J connectivity index is 2.07. The first-order chi connectivity index (χ1) is 11.3. The maximum Gasteiger partial charge on any atom is 0.431 e. The van der Waals surface area contributed by atoms with E-state index in [-0.39, 0.29) is 11.1 Å². The Labute approximate surface area is 134 Å². The molecule has 0 radical (unpaired) electrons. The van der Waals surface area contributed by atoms with Crippen LogP contribution in [0.2, 0.25) is 0 Å². The minimum atomic E-state index is -4.76. The van der Waals surface area contributed by atoms with Crippen molar-refractivity contribution in [1.29, 1.82) is 0 Å². The first kappa shape index (κ1) is 16.1. The molecule has 0 aromatic carbocycles. The summed E-state index contributed by atoms with van der Waals surface area (Å²) in [7, 11) is 0. The minimum Gasteiger partial charge on any atom is -0.365 e. The molecule has 0 bridgehead atoms. The van der Waals surface area contributed by atoms with E-state index in [4.69, 9.17) is 0 Å². The van der Waals surface area contributed by atoms with Crippen LogP contribution >= 0.6 is 0 Å². The first-order valence-corrected chi connectivity index (χ1v) is 6.84. The van der Waals surface area contributed by atoms with Gasteiger partial charge >= 0.3 is 6.18 Å². The molecule has 9 heteroatoms. The van der Waals surface area contributed by atoms with Gasteiger partial charge in [0.1, 0.15) is 5.71 Å². The van der Waals surface area contributed by atoms with Crippen LogP contribution in [-0.4, -0.2) is 37.9 Å². The van der Waals surface area contributed by atoms with Crippen molar-refractivity contribution in [1.82, 2.24) is 15.0 Å². The second-order valence-electron chi connectivity index (χ2n) is 5.13. The molecule has 1 aliphatic heterocycles. The van der Waals surface area contributed by atoms with Crippen molar-refractivity contribution in [2.24, 2.45) is 5.10 Å². The van der Waals surface area contributed by atoms with Crippen molar-refractivity contribution in [2.45, 2.75) is 18.3 Å². The SMILES string of the molecule is O=C(c1ccncc1)N1N=C(C(F)(F)F)C[C@]1(O)c1cccnc1. The predicted octanol–water partition coefficient (Wildman–Crippen LogP) is 2.09. The van der Waals surface area contributed by atoms with Crippen LogP contribution in [0.25, 0.3) is 0 Å². The van der Waals surface area contributed by atoms with Gasteiger partial charge in [0.15, 0.2) is 5.72 Å². The molecule has 1 aliphatic rings. The van der Waals surface area contributed by atoms with Crippen LogP contribution in [0.5, 0.6) is 0 Å². The number of aromatic nitrogens is 2. The molecule has 3 rings (SSSR count). The van der Waals surface area contributed by atoms with Crippen molar-refractivity contribution in [2.75, 3.05) is 0 Å². The molecule has 6 nitrogen and oxygen atoms in total. The van der Waals surface area contributed by atoms with Gasteiger partial charge in [-0.1, -0.05) is 6.07 Å². The number of alkyl halides is 3. The second-order valence-corrected chi connectivity index (χ2v) is 5.13. The summed E-state index contributed by atoms with van der Waals surface area (Å²) >= 11 is 0. The Morgan fingerprint density at radius 1 is 1.17 bits per heavy atom. The molecule has 0 unspecified atom stereocenters. The largest absolute Gasteiger partial charge is 0.431 e. The van der Waals surface area contributed by atoms with Crippen molar-refractivity contribution in [3.63, 3.8) is 0 Å². The van der Waals surface area contributed by atoms with Gasteiger partial charge in [-0.3, -0.25) is 14.8 Å². The van der Waals surface area contributed by atoms with Crippen molar-refractivity contribution < 1.29 is 23.1 Å². The average molecular weight is 336 g/mol. The lowest BCUT2D eigenvalue weighted by atomic mass is 9.98. The van der Waals surface area contributed by atoms with Crippen LogP contribution in [-0.2, 0) is 5.72 Å². The van der Waals surface area contributed by atoms with E-state index < -0.39 is 29.9 Å². The molecule has 2 aromatic rings. The fourth-order valence-electron chi connectivity index (χ4n) is 2.36. The van der Waals surface area contributed by atoms with Crippen LogP contribution in [0, 0.1) is 0 Å². The summed E-state index contributed by atoms with van der Waals surface area (Å²) in [5.41, 5.74) is -3.41. The zero-order valence-electron chi connectivity index (χ0n) is 12.1. The van der Waals surface area contributed by atoms with Crippen molar-refractivity contribution >= 4 is 11.6 Å². The molecule has 1 amide bonds. The van der Waals surface area contributed by atoms with Crippen LogP contribution in [0.15, 0.2) is 54.2 Å². The number of carbonyl (C=O) groups excluding carboxylic acids is 1. The van der Waals surface area contributed by atoms with Gasteiger partial charge in [-0.15, -0.1) is 0 Å². The van der Waals surface area contributed by atoms with Crippen LogP contribution < -0.4 is 0 Å². The Morgan fingerprint density at radius 3 is 2.46 bits per heavy atom. The highest BCUT2D eigenvalue weighted by Gasteiger charge is 2.53. The average Bonchev–Trinajstić information content (AvgIpc) is 2.95. The fourth-order valence-corrected chi connectivity index (χ4v) is 2.36. The molecule has 1 atom stereocenters. The first-order valence-electron chi connectivity index (χ1n) is 6.84. The molecule has 0 spiro atoms. The molecule has 0 fully saturated rings. The van der Waals surface area contributed by atoms with Gasteiger partial charge in [-0.25, -0.2) is 0 Å². The smallest absolute Gasteiger partial charge is 0.365 e. The molecule has 2 aromatic heterocycles. The lowest BCUT2D eigenvalue weighted by Crippen LogP contribution is -2.43. The van der Waals surface area contributed by atoms with Crippen LogP contribution in [0.3, 0.4) is 0 Å². The van der Waals surface area contributed by atoms with Gasteiger partial charge in [0.05, 0.1) is 6.42 Å². The monoisotopic (exact) mass is 336 g/mol. The van der Waals surface area contributed by atoms with E-state index in [1.165, 1.54) is 49.1 Å². The maximum atomic E-state index is 13.1. The van der Waals surface area contributed by atoms with E-state index in [9.17, 15) is 23.1 Å². The van der Waals surface area contributed by atoms with Crippen molar-refractivity contribution in [3.8, 4) is 0 Å². The molecule has 0 saturated heterocycles. The van der Waals surface area contributed by atoms with E-state index in [1.807, 2.05) is 0 Å². The minimum absolute atomic E-state index is 0.0374. The number of aliphatic hydroxyl groups is 1. The topological polar surface area (TPSA) is 78.7 Å². The number of pyridine rings is 2. The lowest BCUT2D eigenvalue weighted by Gasteiger charge is -2.31. The maximum absolute atomic E-state index is 13.1. The zero-order chi connectivity index (χ0) is 17.4. The standard InChI is InChI=1S/C15H11F3N4O2/c16-15(17,18)12-8-14(24,11-2-1-5-20-9-11)22(21-12)13(23)10-3-6-19-7-4-10/h1-7,9,24H,8H2/t14-/m0/s1. The Morgan fingerprint density at radius 2 is 1.88 bits per heavy atom. The van der Waals surface area contributed by atoms with E-state index in [0.717, 1.165) is 0 Å². The zero-order valence-corrected chi connectivity index (χ0v) is 12.1. The summed E-state index contributed by atoms with van der Waals surface area (Å²) in [6.45, 7) is 0. The fraction of sp³-hybridized carbons (Fsp3) is 0.200.